The summed E-state index contributed by atoms with van der Waals surface area (Å²) in [7, 11) is -3.27. The summed E-state index contributed by atoms with van der Waals surface area (Å²) in [5.41, 5.74) is 0.550. The Balaban J connectivity index is 2.04. The molecule has 0 aliphatic carbocycles. The van der Waals surface area contributed by atoms with Crippen molar-refractivity contribution < 1.29 is 21.6 Å². The number of alkyl halides is 3. The molecular weight excluding hydrogens is 397 g/mol. The Hall–Kier alpha value is -2.13. The Morgan fingerprint density at radius 3 is 2.07 bits per heavy atom. The number of thiocarbonyl (C=S) groups is 1. The van der Waals surface area contributed by atoms with Gasteiger partial charge >= 0.3 is 6.18 Å². The molecule has 0 amide bonds. The lowest BCUT2D eigenvalue weighted by Crippen LogP contribution is -2.32. The molecule has 0 saturated carbocycles. The number of halogens is 3. The van der Waals surface area contributed by atoms with Crippen molar-refractivity contribution in [1.29, 1.82) is 0 Å². The average Bonchev–Trinajstić information content (AvgIpc) is 2.58. The number of rotatable bonds is 5. The maximum absolute atomic E-state index is 12.6. The number of benzene rings is 2. The molecule has 0 fully saturated rings. The first-order chi connectivity index (χ1) is 12.5. The molecule has 4 nitrogen and oxygen atoms in total. The quantitative estimate of drug-likeness (QED) is 0.701. The van der Waals surface area contributed by atoms with Crippen LogP contribution in [0.5, 0.6) is 0 Å². The van der Waals surface area contributed by atoms with Gasteiger partial charge in [0, 0.05) is 11.9 Å². The Kier molecular flexibility index (Phi) is 6.48. The number of hydrogen-bond acceptors (Lipinski definition) is 3. The fourth-order valence-electron chi connectivity index (χ4n) is 2.44. The van der Waals surface area contributed by atoms with E-state index in [0.29, 0.717) is 12.1 Å². The SMILES string of the molecule is CC[C@@H](NC(=S)Nc1ccc(C(F)(F)F)cc1)c1ccc(S(C)(=O)=O)cc1. The highest BCUT2D eigenvalue weighted by atomic mass is 32.2. The van der Waals surface area contributed by atoms with E-state index in [9.17, 15) is 21.6 Å². The molecule has 0 heterocycles. The van der Waals surface area contributed by atoms with Gasteiger partial charge in [-0.1, -0.05) is 19.1 Å². The van der Waals surface area contributed by atoms with Crippen LogP contribution in [0.15, 0.2) is 53.4 Å². The van der Waals surface area contributed by atoms with Crippen LogP contribution < -0.4 is 10.6 Å². The van der Waals surface area contributed by atoms with Crippen molar-refractivity contribution in [2.75, 3.05) is 11.6 Å². The summed E-state index contributed by atoms with van der Waals surface area (Å²) in [6.45, 7) is 1.93. The van der Waals surface area contributed by atoms with Gasteiger partial charge in [-0.2, -0.15) is 13.2 Å². The molecule has 1 atom stereocenters. The minimum absolute atomic E-state index is 0.173. The lowest BCUT2D eigenvalue weighted by molar-refractivity contribution is -0.137. The molecule has 146 valence electrons. The molecule has 0 radical (unpaired) electrons. The Morgan fingerprint density at radius 2 is 1.63 bits per heavy atom. The van der Waals surface area contributed by atoms with Gasteiger partial charge < -0.3 is 10.6 Å². The predicted molar refractivity (Wildman–Crippen MR) is 103 cm³/mol. The highest BCUT2D eigenvalue weighted by Crippen LogP contribution is 2.29. The topological polar surface area (TPSA) is 58.2 Å². The normalized spacial score (nSPS) is 13.1. The van der Waals surface area contributed by atoms with E-state index in [2.05, 4.69) is 10.6 Å². The zero-order chi connectivity index (χ0) is 20.2. The zero-order valence-corrected chi connectivity index (χ0v) is 16.3. The summed E-state index contributed by atoms with van der Waals surface area (Å²) in [6.07, 6.45) is -2.57. The third-order valence-electron chi connectivity index (χ3n) is 3.89. The molecule has 2 aromatic carbocycles. The predicted octanol–water partition coefficient (Wildman–Crippen LogP) is 4.55. The summed E-state index contributed by atoms with van der Waals surface area (Å²) < 4.78 is 60.8. The number of sulfone groups is 1. The van der Waals surface area contributed by atoms with Gasteiger partial charge in [0.1, 0.15) is 0 Å². The highest BCUT2D eigenvalue weighted by Gasteiger charge is 2.29. The van der Waals surface area contributed by atoms with E-state index in [1.54, 1.807) is 12.1 Å². The van der Waals surface area contributed by atoms with Gasteiger partial charge in [-0.05, 0) is 60.6 Å². The molecule has 2 rings (SSSR count). The molecule has 0 unspecified atom stereocenters. The fraction of sp³-hybridized carbons (Fsp3) is 0.278. The Bertz CT molecular complexity index is 894. The smallest absolute Gasteiger partial charge is 0.356 e. The monoisotopic (exact) mass is 416 g/mol. The van der Waals surface area contributed by atoms with E-state index in [0.717, 1.165) is 24.0 Å². The summed E-state index contributed by atoms with van der Waals surface area (Å²) in [5, 5.41) is 6.19. The van der Waals surface area contributed by atoms with Gasteiger partial charge in [0.05, 0.1) is 16.5 Å². The standard InChI is InChI=1S/C18H19F3N2O2S2/c1-3-16(12-4-10-15(11-5-12)27(2,24)25)23-17(26)22-14-8-6-13(7-9-14)18(19,20)21/h4-11,16H,3H2,1-2H3,(H2,22,23,26)/t16-/m1/s1. The molecule has 9 heteroatoms. The van der Waals surface area contributed by atoms with Crippen LogP contribution in [0.2, 0.25) is 0 Å². The Morgan fingerprint density at radius 1 is 1.07 bits per heavy atom. The first-order valence-corrected chi connectivity index (χ1v) is 10.4. The molecule has 2 N–H and O–H groups in total. The lowest BCUT2D eigenvalue weighted by atomic mass is 10.1. The van der Waals surface area contributed by atoms with Crippen molar-refractivity contribution in [2.45, 2.75) is 30.5 Å². The van der Waals surface area contributed by atoms with Gasteiger partial charge in [-0.25, -0.2) is 8.42 Å². The summed E-state index contributed by atoms with van der Waals surface area (Å²) in [6, 6.07) is 10.9. The molecule has 0 aliphatic heterocycles. The highest BCUT2D eigenvalue weighted by molar-refractivity contribution is 7.90. The number of hydrogen-bond donors (Lipinski definition) is 2. The van der Waals surface area contributed by atoms with Crippen LogP contribution in [0.1, 0.15) is 30.5 Å². The molecular formula is C18H19F3N2O2S2. The van der Waals surface area contributed by atoms with Gasteiger partial charge in [-0.3, -0.25) is 0 Å². The second-order valence-corrected chi connectivity index (χ2v) is 8.40. The third kappa shape index (κ3) is 5.93. The van der Waals surface area contributed by atoms with Crippen LogP contribution in [-0.4, -0.2) is 19.8 Å². The first kappa shape index (κ1) is 21.2. The second kappa shape index (κ2) is 8.26. The number of anilines is 1. The van der Waals surface area contributed by atoms with Gasteiger partial charge in [-0.15, -0.1) is 0 Å². The van der Waals surface area contributed by atoms with E-state index >= 15 is 0 Å². The van der Waals surface area contributed by atoms with E-state index in [4.69, 9.17) is 12.2 Å². The number of nitrogens with one attached hydrogen (secondary N) is 2. The summed E-state index contributed by atoms with van der Waals surface area (Å²) in [4.78, 5) is 0.228. The van der Waals surface area contributed by atoms with Gasteiger partial charge in [0.25, 0.3) is 0 Å². The average molecular weight is 416 g/mol. The molecule has 0 aliphatic rings. The minimum Gasteiger partial charge on any atom is -0.356 e. The van der Waals surface area contributed by atoms with Crippen LogP contribution >= 0.6 is 12.2 Å². The maximum Gasteiger partial charge on any atom is 0.416 e. The van der Waals surface area contributed by atoms with Crippen LogP contribution in [0, 0.1) is 0 Å². The van der Waals surface area contributed by atoms with Crippen molar-refractivity contribution in [3.63, 3.8) is 0 Å². The molecule has 27 heavy (non-hydrogen) atoms. The van der Waals surface area contributed by atoms with Crippen molar-refractivity contribution >= 4 is 32.9 Å². The zero-order valence-electron chi connectivity index (χ0n) is 14.7. The van der Waals surface area contributed by atoms with Crippen LogP contribution in [0.4, 0.5) is 18.9 Å². The second-order valence-electron chi connectivity index (χ2n) is 5.98. The molecule has 2 aromatic rings. The fourth-order valence-corrected chi connectivity index (χ4v) is 3.33. The third-order valence-corrected chi connectivity index (χ3v) is 5.24. The van der Waals surface area contributed by atoms with E-state index in [1.165, 1.54) is 24.3 Å². The van der Waals surface area contributed by atoms with E-state index in [-0.39, 0.29) is 16.0 Å². The largest absolute Gasteiger partial charge is 0.416 e. The van der Waals surface area contributed by atoms with Crippen LogP contribution in [0.3, 0.4) is 0 Å². The van der Waals surface area contributed by atoms with Gasteiger partial charge in [0.15, 0.2) is 14.9 Å². The molecule has 0 bridgehead atoms. The Labute approximate surface area is 161 Å². The molecule has 0 spiro atoms. The van der Waals surface area contributed by atoms with E-state index < -0.39 is 21.6 Å². The van der Waals surface area contributed by atoms with Crippen LogP contribution in [0.25, 0.3) is 0 Å². The maximum atomic E-state index is 12.6. The molecule has 0 aromatic heterocycles. The van der Waals surface area contributed by atoms with Crippen molar-refractivity contribution in [2.24, 2.45) is 0 Å². The lowest BCUT2D eigenvalue weighted by Gasteiger charge is -2.20. The summed E-state index contributed by atoms with van der Waals surface area (Å²) in [5.74, 6) is 0. The first-order valence-electron chi connectivity index (χ1n) is 8.05. The van der Waals surface area contributed by atoms with Crippen molar-refractivity contribution in [1.82, 2.24) is 5.32 Å². The van der Waals surface area contributed by atoms with Gasteiger partial charge in [0.2, 0.25) is 0 Å². The summed E-state index contributed by atoms with van der Waals surface area (Å²) >= 11 is 5.23. The van der Waals surface area contributed by atoms with Crippen molar-refractivity contribution in [3.8, 4) is 0 Å². The van der Waals surface area contributed by atoms with Crippen LogP contribution in [-0.2, 0) is 16.0 Å². The van der Waals surface area contributed by atoms with Crippen molar-refractivity contribution in [3.05, 3.63) is 59.7 Å². The van der Waals surface area contributed by atoms with E-state index in [1.807, 2.05) is 6.92 Å². The molecule has 0 saturated heterocycles. The minimum atomic E-state index is -4.39.